The van der Waals surface area contributed by atoms with E-state index < -0.39 is 11.7 Å². The van der Waals surface area contributed by atoms with Gasteiger partial charge >= 0.3 is 0 Å². The second-order valence-electron chi connectivity index (χ2n) is 7.52. The number of amides is 1. The Morgan fingerprint density at radius 2 is 1.76 bits per heavy atom. The highest BCUT2D eigenvalue weighted by Crippen LogP contribution is 2.38. The highest BCUT2D eigenvalue weighted by atomic mass is 35.5. The first-order valence-corrected chi connectivity index (χ1v) is 11.0. The van der Waals surface area contributed by atoms with Crippen LogP contribution in [0.25, 0.3) is 10.9 Å². The molecule has 9 heteroatoms. The molecule has 0 radical (unpaired) electrons. The number of benzene rings is 2. The zero-order chi connectivity index (χ0) is 24.4. The number of halogens is 2. The Hall–Kier alpha value is -3.55. The summed E-state index contributed by atoms with van der Waals surface area (Å²) in [6, 6.07) is 14.1. The van der Waals surface area contributed by atoms with Gasteiger partial charge < -0.3 is 19.4 Å². The van der Waals surface area contributed by atoms with E-state index in [-0.39, 0.29) is 10.6 Å². The van der Waals surface area contributed by atoms with Crippen molar-refractivity contribution in [2.45, 2.75) is 13.5 Å². The van der Waals surface area contributed by atoms with E-state index in [0.717, 1.165) is 5.56 Å². The molecule has 0 bridgehead atoms. The van der Waals surface area contributed by atoms with Gasteiger partial charge in [0.1, 0.15) is 5.75 Å². The van der Waals surface area contributed by atoms with Crippen LogP contribution in [0.5, 0.6) is 11.6 Å². The number of carbonyl (C=O) groups excluding carboxylic acids is 2. The molecule has 2 aromatic carbocycles. The number of Topliss-reactive ketones (excluding diaryl/α,β-unsaturated/α-hetero) is 1. The second-order valence-corrected chi connectivity index (χ2v) is 8.33. The minimum Gasteiger partial charge on any atom is -0.495 e. The molecule has 0 saturated carbocycles. The van der Waals surface area contributed by atoms with Gasteiger partial charge in [-0.3, -0.25) is 9.59 Å². The molecule has 34 heavy (non-hydrogen) atoms. The molecule has 0 unspecified atom stereocenters. The van der Waals surface area contributed by atoms with Crippen molar-refractivity contribution in [3.8, 4) is 11.6 Å². The van der Waals surface area contributed by atoms with Gasteiger partial charge in [-0.05, 0) is 42.8 Å². The highest BCUT2D eigenvalue weighted by molar-refractivity contribution is 6.50. The quantitative estimate of drug-likeness (QED) is 0.267. The molecule has 0 spiro atoms. The zero-order valence-electron chi connectivity index (χ0n) is 18.7. The van der Waals surface area contributed by atoms with Gasteiger partial charge in [0.2, 0.25) is 5.88 Å². The normalized spacial score (nSPS) is 10.9. The van der Waals surface area contributed by atoms with Crippen LogP contribution < -0.4 is 14.8 Å². The lowest BCUT2D eigenvalue weighted by Crippen LogP contribution is -2.23. The molecule has 0 fully saturated rings. The van der Waals surface area contributed by atoms with Crippen molar-refractivity contribution in [3.63, 3.8) is 0 Å². The molecular formula is C25H21Cl2N3O4. The Labute approximate surface area is 206 Å². The molecule has 0 saturated heterocycles. The van der Waals surface area contributed by atoms with Gasteiger partial charge in [0.25, 0.3) is 11.7 Å². The van der Waals surface area contributed by atoms with Gasteiger partial charge in [0.05, 0.1) is 30.3 Å². The highest BCUT2D eigenvalue weighted by Gasteiger charge is 2.28. The zero-order valence-corrected chi connectivity index (χ0v) is 20.2. The third-order valence-corrected chi connectivity index (χ3v) is 6.13. The van der Waals surface area contributed by atoms with Crippen LogP contribution in [0.4, 0.5) is 5.69 Å². The van der Waals surface area contributed by atoms with Crippen LogP contribution in [0.2, 0.25) is 10.0 Å². The molecular weight excluding hydrogens is 477 g/mol. The average molecular weight is 498 g/mol. The van der Waals surface area contributed by atoms with Gasteiger partial charge in [0.15, 0.2) is 0 Å². The standard InChI is InChI=1S/C25H21Cl2N3O4/c1-14-21(24(31)25(32)29-17-10-11-28-20(12-17)34-3)22-18(8-9-19(33-2)23(22)27)30(14)13-15-4-6-16(26)7-5-15/h4-12H,13H2,1-3H3,(H,28,29,32). The average Bonchev–Trinajstić information content (AvgIpc) is 3.12. The first-order chi connectivity index (χ1) is 16.3. The molecule has 0 aliphatic rings. The summed E-state index contributed by atoms with van der Waals surface area (Å²) in [6.07, 6.45) is 1.48. The Bertz CT molecular complexity index is 1400. The number of hydrogen-bond acceptors (Lipinski definition) is 5. The maximum absolute atomic E-state index is 13.4. The molecule has 7 nitrogen and oxygen atoms in total. The summed E-state index contributed by atoms with van der Waals surface area (Å²) < 4.78 is 12.4. The summed E-state index contributed by atoms with van der Waals surface area (Å²) >= 11 is 12.7. The summed E-state index contributed by atoms with van der Waals surface area (Å²) in [4.78, 5) is 30.4. The van der Waals surface area contributed by atoms with Gasteiger partial charge in [-0.25, -0.2) is 4.98 Å². The number of pyridine rings is 1. The van der Waals surface area contributed by atoms with Crippen molar-refractivity contribution in [1.29, 1.82) is 0 Å². The number of nitrogens with one attached hydrogen (secondary N) is 1. The summed E-state index contributed by atoms with van der Waals surface area (Å²) in [5.74, 6) is -0.802. The lowest BCUT2D eigenvalue weighted by Gasteiger charge is -2.10. The third kappa shape index (κ3) is 4.44. The molecule has 4 aromatic rings. The summed E-state index contributed by atoms with van der Waals surface area (Å²) in [7, 11) is 2.96. The number of fused-ring (bicyclic) bond motifs is 1. The van der Waals surface area contributed by atoms with Gasteiger partial charge in [0, 0.05) is 40.6 Å². The monoisotopic (exact) mass is 497 g/mol. The van der Waals surface area contributed by atoms with E-state index >= 15 is 0 Å². The number of carbonyl (C=O) groups is 2. The molecule has 174 valence electrons. The summed E-state index contributed by atoms with van der Waals surface area (Å²) in [5, 5.41) is 3.97. The van der Waals surface area contributed by atoms with Gasteiger partial charge in [-0.15, -0.1) is 0 Å². The van der Waals surface area contributed by atoms with Crippen molar-refractivity contribution < 1.29 is 19.1 Å². The van der Waals surface area contributed by atoms with E-state index in [1.54, 1.807) is 31.2 Å². The molecule has 0 aliphatic heterocycles. The minimum atomic E-state index is -0.805. The number of nitrogens with zero attached hydrogens (tertiary/aromatic N) is 2. The number of ether oxygens (including phenoxy) is 2. The Morgan fingerprint density at radius 1 is 1.03 bits per heavy atom. The van der Waals surface area contributed by atoms with Crippen LogP contribution in [0.3, 0.4) is 0 Å². The SMILES string of the molecule is COc1cc(NC(=O)C(=O)c2c(C)n(Cc3ccc(Cl)cc3)c3ccc(OC)c(Cl)c23)ccn1. The van der Waals surface area contributed by atoms with E-state index in [4.69, 9.17) is 32.7 Å². The van der Waals surface area contributed by atoms with Crippen LogP contribution in [0.1, 0.15) is 21.6 Å². The lowest BCUT2D eigenvalue weighted by molar-refractivity contribution is -0.112. The summed E-state index contributed by atoms with van der Waals surface area (Å²) in [5.41, 5.74) is 2.89. The van der Waals surface area contributed by atoms with Crippen LogP contribution in [-0.2, 0) is 11.3 Å². The lowest BCUT2D eigenvalue weighted by atomic mass is 10.1. The minimum absolute atomic E-state index is 0.214. The predicted molar refractivity (Wildman–Crippen MR) is 133 cm³/mol. The number of rotatable bonds is 7. The van der Waals surface area contributed by atoms with E-state index in [0.29, 0.717) is 45.5 Å². The van der Waals surface area contributed by atoms with E-state index in [9.17, 15) is 9.59 Å². The van der Waals surface area contributed by atoms with Crippen molar-refractivity contribution in [2.24, 2.45) is 0 Å². The molecule has 2 heterocycles. The first-order valence-electron chi connectivity index (χ1n) is 10.3. The molecule has 0 atom stereocenters. The Kier molecular flexibility index (Phi) is 6.77. The fourth-order valence-corrected chi connectivity index (χ4v) is 4.28. The molecule has 2 aromatic heterocycles. The molecule has 4 rings (SSSR count). The Balaban J connectivity index is 1.80. The van der Waals surface area contributed by atoms with Crippen LogP contribution in [-0.4, -0.2) is 35.5 Å². The van der Waals surface area contributed by atoms with Crippen molar-refractivity contribution >= 4 is 51.5 Å². The third-order valence-electron chi connectivity index (χ3n) is 5.50. The number of anilines is 1. The second kappa shape index (κ2) is 9.75. The maximum Gasteiger partial charge on any atom is 0.296 e. The predicted octanol–water partition coefficient (Wildman–Crippen LogP) is 5.54. The summed E-state index contributed by atoms with van der Waals surface area (Å²) in [6.45, 7) is 2.24. The van der Waals surface area contributed by atoms with E-state index in [2.05, 4.69) is 10.3 Å². The van der Waals surface area contributed by atoms with E-state index in [1.807, 2.05) is 22.8 Å². The van der Waals surface area contributed by atoms with E-state index in [1.165, 1.54) is 26.5 Å². The fraction of sp³-hybridized carbons (Fsp3) is 0.160. The molecule has 1 N–H and O–H groups in total. The van der Waals surface area contributed by atoms with Gasteiger partial charge in [-0.1, -0.05) is 35.3 Å². The molecule has 0 aliphatic carbocycles. The van der Waals surface area contributed by atoms with Crippen LogP contribution in [0, 0.1) is 6.92 Å². The Morgan fingerprint density at radius 3 is 2.44 bits per heavy atom. The number of methoxy groups -OCH3 is 2. The number of aromatic nitrogens is 2. The number of hydrogen-bond donors (Lipinski definition) is 1. The van der Waals surface area contributed by atoms with Crippen molar-refractivity contribution in [2.75, 3.05) is 19.5 Å². The first kappa shape index (κ1) is 23.6. The van der Waals surface area contributed by atoms with Crippen molar-refractivity contribution in [3.05, 3.63) is 81.6 Å². The largest absolute Gasteiger partial charge is 0.495 e. The smallest absolute Gasteiger partial charge is 0.296 e. The van der Waals surface area contributed by atoms with Crippen LogP contribution in [0.15, 0.2) is 54.7 Å². The van der Waals surface area contributed by atoms with Crippen molar-refractivity contribution in [1.82, 2.24) is 9.55 Å². The number of ketones is 1. The molecule has 1 amide bonds. The maximum atomic E-state index is 13.4. The van der Waals surface area contributed by atoms with Gasteiger partial charge in [-0.2, -0.15) is 0 Å². The fourth-order valence-electron chi connectivity index (χ4n) is 3.82. The van der Waals surface area contributed by atoms with Crippen LogP contribution >= 0.6 is 23.2 Å². The topological polar surface area (TPSA) is 82.5 Å².